The van der Waals surface area contributed by atoms with Crippen molar-refractivity contribution in [2.45, 2.75) is 77.0 Å². The van der Waals surface area contributed by atoms with Crippen LogP contribution in [0.1, 0.15) is 71.9 Å². The van der Waals surface area contributed by atoms with Gasteiger partial charge in [-0.3, -0.25) is 0 Å². The standard InChI is InChI=1S/C54H48N9O6P3/c55-37-13-25-43-19-1-7-31-49(43)64-70(65-50-32-8-2-20-44(50)26-14-38-56)61-71(66-51-33-9-3-21-45(51)27-15-39-57,67-52-34-10-4-22-46(52)28-16-40-58)63-72(62-70,68-53-35-11-5-23-47(53)29-17-41-59)69-54-36-12-6-24-48(54)30-18-42-60/h1-12,19-24,31-36H,13-18,25-30H2. The molecule has 0 saturated heterocycles. The average molecular weight is 1010 g/mol. The number of benzene rings is 6. The largest absolute Gasteiger partial charge is 0.460 e. The van der Waals surface area contributed by atoms with Gasteiger partial charge in [-0.15, -0.1) is 0 Å². The first kappa shape index (κ1) is 51.6. The van der Waals surface area contributed by atoms with Crippen LogP contribution < -0.4 is 27.1 Å². The van der Waals surface area contributed by atoms with Crippen molar-refractivity contribution in [3.63, 3.8) is 0 Å². The molecule has 7 rings (SSSR count). The predicted octanol–water partition coefficient (Wildman–Crippen LogP) is 15.0. The summed E-state index contributed by atoms with van der Waals surface area (Å²) in [7, 11) is -13.5. The minimum atomic E-state index is -4.51. The van der Waals surface area contributed by atoms with Crippen LogP contribution in [0.25, 0.3) is 0 Å². The van der Waals surface area contributed by atoms with Gasteiger partial charge in [0.05, 0.1) is 36.4 Å². The molecule has 72 heavy (non-hydrogen) atoms. The Balaban J connectivity index is 1.68. The molecule has 0 aliphatic carbocycles. The molecule has 0 fully saturated rings. The summed E-state index contributed by atoms with van der Waals surface area (Å²) in [6.45, 7) is 0. The maximum absolute atomic E-state index is 9.78. The van der Waals surface area contributed by atoms with Gasteiger partial charge in [-0.2, -0.15) is 31.6 Å². The van der Waals surface area contributed by atoms with E-state index in [1.165, 1.54) is 0 Å². The fraction of sp³-hybridized carbons (Fsp3) is 0.222. The molecule has 6 aromatic rings. The molecule has 15 nitrogen and oxygen atoms in total. The normalized spacial score (nSPS) is 13.4. The van der Waals surface area contributed by atoms with E-state index in [2.05, 4.69) is 36.4 Å². The molecule has 360 valence electrons. The van der Waals surface area contributed by atoms with Crippen LogP contribution in [-0.4, -0.2) is 0 Å². The predicted molar refractivity (Wildman–Crippen MR) is 274 cm³/mol. The second-order valence-electron chi connectivity index (χ2n) is 15.9. The maximum Gasteiger partial charge on any atom is 0.460 e. The van der Waals surface area contributed by atoms with E-state index in [9.17, 15) is 31.6 Å². The van der Waals surface area contributed by atoms with Crippen LogP contribution in [0.3, 0.4) is 0 Å². The highest BCUT2D eigenvalue weighted by Crippen LogP contribution is 2.79. The van der Waals surface area contributed by atoms with Gasteiger partial charge >= 0.3 is 23.0 Å². The van der Waals surface area contributed by atoms with Crippen molar-refractivity contribution in [3.8, 4) is 70.9 Å². The SMILES string of the molecule is N#CCCc1ccccc1OP1(Oc2ccccc2CCC#N)=NP(Oc2ccccc2CCC#N)(Oc2ccccc2CCC#N)=NP(Oc2ccccc2CCC#N)(Oc2ccccc2CCC#N)=N1. The van der Waals surface area contributed by atoms with Crippen molar-refractivity contribution in [1.82, 2.24) is 0 Å². The van der Waals surface area contributed by atoms with E-state index in [0.29, 0.717) is 33.4 Å². The smallest absolute Gasteiger partial charge is 0.413 e. The quantitative estimate of drug-likeness (QED) is 0.0515. The van der Waals surface area contributed by atoms with Crippen molar-refractivity contribution in [2.75, 3.05) is 0 Å². The van der Waals surface area contributed by atoms with Gasteiger partial charge in [-0.25, -0.2) is 0 Å². The first-order chi connectivity index (χ1) is 35.3. The van der Waals surface area contributed by atoms with Crippen molar-refractivity contribution in [3.05, 3.63) is 179 Å². The van der Waals surface area contributed by atoms with E-state index in [1.54, 1.807) is 72.8 Å². The van der Waals surface area contributed by atoms with Crippen LogP contribution in [-0.2, 0) is 38.5 Å². The number of hydrogen-bond donors (Lipinski definition) is 0. The summed E-state index contributed by atoms with van der Waals surface area (Å²) in [4.78, 5) is 0. The fourth-order valence-corrected chi connectivity index (χ4v) is 16.8. The summed E-state index contributed by atoms with van der Waals surface area (Å²) in [5, 5.41) is 58.7. The molecule has 0 aromatic heterocycles. The fourth-order valence-electron chi connectivity index (χ4n) is 7.47. The number of rotatable bonds is 24. The highest BCUT2D eigenvalue weighted by Gasteiger charge is 2.50. The number of aryl methyl sites for hydroxylation is 6. The Morgan fingerprint density at radius 2 is 0.417 bits per heavy atom. The molecule has 0 unspecified atom stereocenters. The van der Waals surface area contributed by atoms with Crippen LogP contribution in [0, 0.1) is 68.0 Å². The van der Waals surface area contributed by atoms with Crippen LogP contribution in [0.15, 0.2) is 159 Å². The van der Waals surface area contributed by atoms with Crippen molar-refractivity contribution < 1.29 is 27.1 Å². The maximum atomic E-state index is 9.78. The molecule has 1 aliphatic heterocycles. The zero-order valence-corrected chi connectivity index (χ0v) is 41.8. The Kier molecular flexibility index (Phi) is 18.3. The Morgan fingerprint density at radius 3 is 0.569 bits per heavy atom. The van der Waals surface area contributed by atoms with Gasteiger partial charge in [0.1, 0.15) is 34.5 Å². The molecule has 0 spiro atoms. The summed E-state index contributed by atoms with van der Waals surface area (Å²) < 4.78 is 59.9. The summed E-state index contributed by atoms with van der Waals surface area (Å²) in [6, 6.07) is 56.3. The minimum absolute atomic E-state index is 0.150. The monoisotopic (exact) mass is 1010 g/mol. The molecule has 0 radical (unpaired) electrons. The van der Waals surface area contributed by atoms with Gasteiger partial charge in [0.25, 0.3) is 0 Å². The van der Waals surface area contributed by atoms with Crippen molar-refractivity contribution in [1.29, 1.82) is 31.6 Å². The average Bonchev–Trinajstić information content (AvgIpc) is 3.39. The zero-order chi connectivity index (χ0) is 50.5. The number of nitriles is 6. The van der Waals surface area contributed by atoms with E-state index < -0.39 is 23.0 Å². The second-order valence-corrected chi connectivity index (χ2v) is 22.1. The molecule has 6 aromatic carbocycles. The van der Waals surface area contributed by atoms with E-state index in [1.807, 2.05) is 72.8 Å². The lowest BCUT2D eigenvalue weighted by Crippen LogP contribution is -2.13. The first-order valence-electron chi connectivity index (χ1n) is 23.1. The third-order valence-electron chi connectivity index (χ3n) is 10.9. The van der Waals surface area contributed by atoms with E-state index in [0.717, 1.165) is 0 Å². The van der Waals surface area contributed by atoms with E-state index in [-0.39, 0.29) is 112 Å². The molecule has 0 bridgehead atoms. The van der Waals surface area contributed by atoms with Crippen molar-refractivity contribution >= 4 is 23.0 Å². The van der Waals surface area contributed by atoms with Crippen LogP contribution >= 0.6 is 23.0 Å². The lowest BCUT2D eigenvalue weighted by Gasteiger charge is -2.34. The Hall–Kier alpha value is -8.25. The molecular formula is C54H48N9O6P3. The third kappa shape index (κ3) is 13.5. The van der Waals surface area contributed by atoms with Crippen LogP contribution in [0.4, 0.5) is 0 Å². The molecule has 0 amide bonds. The first-order valence-corrected chi connectivity index (χ1v) is 27.7. The summed E-state index contributed by atoms with van der Waals surface area (Å²) >= 11 is 0. The zero-order valence-electron chi connectivity index (χ0n) is 39.2. The van der Waals surface area contributed by atoms with E-state index >= 15 is 0 Å². The Bertz CT molecular complexity index is 2770. The molecule has 1 aliphatic rings. The molecule has 18 heteroatoms. The Morgan fingerprint density at radius 1 is 0.264 bits per heavy atom. The number of nitrogens with zero attached hydrogens (tertiary/aromatic N) is 9. The molecular weight excluding hydrogens is 964 g/mol. The van der Waals surface area contributed by atoms with Gasteiger partial charge in [0, 0.05) is 38.5 Å². The van der Waals surface area contributed by atoms with Crippen LogP contribution in [0.2, 0.25) is 0 Å². The number of para-hydroxylation sites is 6. The van der Waals surface area contributed by atoms with Gasteiger partial charge in [0.2, 0.25) is 0 Å². The van der Waals surface area contributed by atoms with E-state index in [4.69, 9.17) is 40.7 Å². The summed E-state index contributed by atoms with van der Waals surface area (Å²) in [5.41, 5.74) is 3.81. The molecule has 0 atom stereocenters. The van der Waals surface area contributed by atoms with Crippen molar-refractivity contribution in [2.24, 2.45) is 13.5 Å². The number of hydrogen-bond acceptors (Lipinski definition) is 15. The highest BCUT2D eigenvalue weighted by atomic mass is 31.3. The highest BCUT2D eigenvalue weighted by molar-refractivity contribution is 7.79. The summed E-state index contributed by atoms with van der Waals surface area (Å²) in [6.07, 6.45) is 2.61. The van der Waals surface area contributed by atoms with Gasteiger partial charge in [0.15, 0.2) is 0 Å². The minimum Gasteiger partial charge on any atom is -0.413 e. The third-order valence-corrected chi connectivity index (χ3v) is 18.9. The Labute approximate surface area is 420 Å². The summed E-state index contributed by atoms with van der Waals surface area (Å²) in [5.74, 6) is 1.63. The van der Waals surface area contributed by atoms with Gasteiger partial charge < -0.3 is 27.1 Å². The molecule has 0 saturated carbocycles. The van der Waals surface area contributed by atoms with Gasteiger partial charge in [-0.05, 0) is 108 Å². The topological polar surface area (TPSA) is 235 Å². The lowest BCUT2D eigenvalue weighted by atomic mass is 10.1. The molecule has 1 heterocycles. The lowest BCUT2D eigenvalue weighted by molar-refractivity contribution is 0.437. The second kappa shape index (κ2) is 25.6. The van der Waals surface area contributed by atoms with Gasteiger partial charge in [-0.1, -0.05) is 123 Å². The van der Waals surface area contributed by atoms with Crippen LogP contribution in [0.5, 0.6) is 34.5 Å². The molecule has 0 N–H and O–H groups in total.